The molecule has 2 N–H and O–H groups in total. The van der Waals surface area contributed by atoms with E-state index in [2.05, 4.69) is 10.0 Å². The van der Waals surface area contributed by atoms with Gasteiger partial charge in [-0.25, -0.2) is 13.1 Å². The number of sulfonamides is 1. The number of fused-ring (bicyclic) bond motifs is 4. The maximum Gasteiger partial charge on any atom is 0.251 e. The van der Waals surface area contributed by atoms with Gasteiger partial charge in [-0.1, -0.05) is 19.4 Å². The Morgan fingerprint density at radius 3 is 2.88 bits per heavy atom. The second-order valence-electron chi connectivity index (χ2n) is 6.60. The first-order valence-electron chi connectivity index (χ1n) is 8.41. The molecule has 1 saturated heterocycles. The zero-order valence-electron chi connectivity index (χ0n) is 13.9. The highest BCUT2D eigenvalue weighted by atomic mass is 35.5. The third-order valence-corrected chi connectivity index (χ3v) is 6.41. The summed E-state index contributed by atoms with van der Waals surface area (Å²) in [6, 6.07) is 5.25. The summed E-state index contributed by atoms with van der Waals surface area (Å²) in [7, 11) is -3.27. The van der Waals surface area contributed by atoms with Crippen LogP contribution in [-0.4, -0.2) is 38.4 Å². The van der Waals surface area contributed by atoms with Crippen molar-refractivity contribution in [3.8, 4) is 0 Å². The Balaban J connectivity index is 0.00000208. The topological polar surface area (TPSA) is 80.2 Å². The maximum absolute atomic E-state index is 12.4. The average Bonchev–Trinajstić information content (AvgIpc) is 2.54. The summed E-state index contributed by atoms with van der Waals surface area (Å²) < 4.78 is 28.7. The van der Waals surface area contributed by atoms with Gasteiger partial charge < -0.3 is 9.88 Å². The van der Waals surface area contributed by atoms with Crippen molar-refractivity contribution >= 4 is 22.4 Å². The largest absolute Gasteiger partial charge is 0.316 e. The van der Waals surface area contributed by atoms with Gasteiger partial charge in [0.15, 0.2) is 0 Å². The number of aromatic nitrogens is 1. The number of pyridine rings is 1. The number of nitrogens with one attached hydrogen (secondary N) is 2. The van der Waals surface area contributed by atoms with Gasteiger partial charge in [0.25, 0.3) is 5.56 Å². The van der Waals surface area contributed by atoms with E-state index >= 15 is 0 Å². The highest BCUT2D eigenvalue weighted by molar-refractivity contribution is 7.89. The minimum Gasteiger partial charge on any atom is -0.316 e. The molecule has 24 heavy (non-hydrogen) atoms. The SMILES string of the molecule is CCCCS(=O)(=O)NC[C@H]1[C@@H]2CNC[C@@H](C2)c2cccc(=O)n21.Cl. The van der Waals surface area contributed by atoms with Crippen LogP contribution < -0.4 is 15.6 Å². The van der Waals surface area contributed by atoms with E-state index in [1.54, 1.807) is 12.1 Å². The lowest BCUT2D eigenvalue weighted by Gasteiger charge is -2.43. The first-order chi connectivity index (χ1) is 11.0. The molecular weight excluding hydrogens is 350 g/mol. The molecule has 2 aliphatic heterocycles. The Kier molecular flexibility index (Phi) is 6.47. The minimum atomic E-state index is -3.27. The first kappa shape index (κ1) is 19.4. The van der Waals surface area contributed by atoms with Gasteiger partial charge in [0.1, 0.15) is 0 Å². The molecule has 1 fully saturated rings. The van der Waals surface area contributed by atoms with Gasteiger partial charge in [-0.2, -0.15) is 0 Å². The molecule has 3 atom stereocenters. The molecule has 1 aromatic heterocycles. The molecule has 8 heteroatoms. The van der Waals surface area contributed by atoms with Crippen molar-refractivity contribution in [3.05, 3.63) is 34.2 Å². The van der Waals surface area contributed by atoms with Gasteiger partial charge in [-0.3, -0.25) is 4.79 Å². The zero-order chi connectivity index (χ0) is 16.4. The number of halogens is 1. The molecule has 3 rings (SSSR count). The Labute approximate surface area is 149 Å². The van der Waals surface area contributed by atoms with E-state index in [4.69, 9.17) is 0 Å². The first-order valence-corrected chi connectivity index (χ1v) is 10.1. The van der Waals surface area contributed by atoms with Gasteiger partial charge in [0, 0.05) is 37.3 Å². The maximum atomic E-state index is 12.4. The summed E-state index contributed by atoms with van der Waals surface area (Å²) in [4.78, 5) is 12.4. The smallest absolute Gasteiger partial charge is 0.251 e. The minimum absolute atomic E-state index is 0. The quantitative estimate of drug-likeness (QED) is 0.783. The second-order valence-corrected chi connectivity index (χ2v) is 8.52. The number of rotatable bonds is 6. The molecule has 2 aliphatic rings. The third-order valence-electron chi connectivity index (χ3n) is 4.98. The molecule has 0 radical (unpaired) electrons. The lowest BCUT2D eigenvalue weighted by Crippen LogP contribution is -2.50. The lowest BCUT2D eigenvalue weighted by molar-refractivity contribution is 0.196. The van der Waals surface area contributed by atoms with Crippen molar-refractivity contribution in [3.63, 3.8) is 0 Å². The molecule has 0 saturated carbocycles. The zero-order valence-corrected chi connectivity index (χ0v) is 15.5. The van der Waals surface area contributed by atoms with E-state index in [1.165, 1.54) is 0 Å². The average molecular weight is 376 g/mol. The molecular formula is C16H26ClN3O3S. The fourth-order valence-electron chi connectivity index (χ4n) is 3.79. The van der Waals surface area contributed by atoms with Gasteiger partial charge in [-0.05, 0) is 24.8 Å². The van der Waals surface area contributed by atoms with E-state index in [0.29, 0.717) is 18.9 Å². The van der Waals surface area contributed by atoms with Crippen molar-refractivity contribution in [2.75, 3.05) is 25.4 Å². The predicted molar refractivity (Wildman–Crippen MR) is 97.4 cm³/mol. The normalized spacial score (nSPS) is 25.6. The molecule has 3 heterocycles. The standard InChI is InChI=1S/C16H25N3O3S.ClH/c1-2-3-7-23(21,22)18-11-15-13-8-12(9-17-10-13)14-5-4-6-16(20)19(14)15;/h4-6,12-13,15,17-18H,2-3,7-11H2,1H3;1H/t12-,13+,15+;/m1./s1. The Morgan fingerprint density at radius 1 is 1.33 bits per heavy atom. The van der Waals surface area contributed by atoms with Crippen molar-refractivity contribution in [1.82, 2.24) is 14.6 Å². The van der Waals surface area contributed by atoms with Crippen LogP contribution in [0.2, 0.25) is 0 Å². The Hall–Kier alpha value is -0.890. The molecule has 1 aromatic rings. The molecule has 0 aliphatic carbocycles. The van der Waals surface area contributed by atoms with Gasteiger partial charge >= 0.3 is 0 Å². The molecule has 0 aromatic carbocycles. The van der Waals surface area contributed by atoms with Crippen LogP contribution in [0.25, 0.3) is 0 Å². The van der Waals surface area contributed by atoms with Gasteiger partial charge in [0.05, 0.1) is 11.8 Å². The van der Waals surface area contributed by atoms with Crippen molar-refractivity contribution < 1.29 is 8.42 Å². The highest BCUT2D eigenvalue weighted by Crippen LogP contribution is 2.38. The Morgan fingerprint density at radius 2 is 2.12 bits per heavy atom. The molecule has 2 bridgehead atoms. The summed E-state index contributed by atoms with van der Waals surface area (Å²) in [6.07, 6.45) is 2.52. The molecule has 6 nitrogen and oxygen atoms in total. The predicted octanol–water partition coefficient (Wildman–Crippen LogP) is 1.24. The fourth-order valence-corrected chi connectivity index (χ4v) is 5.02. The fraction of sp³-hybridized carbons (Fsp3) is 0.688. The summed E-state index contributed by atoms with van der Waals surface area (Å²) in [5, 5.41) is 3.42. The summed E-state index contributed by atoms with van der Waals surface area (Å²) in [5.41, 5.74) is 0.996. The van der Waals surface area contributed by atoms with E-state index in [1.807, 2.05) is 17.6 Å². The van der Waals surface area contributed by atoms with Crippen LogP contribution >= 0.6 is 12.4 Å². The van der Waals surface area contributed by atoms with Crippen LogP contribution in [0.1, 0.15) is 43.8 Å². The molecule has 0 amide bonds. The van der Waals surface area contributed by atoms with Crippen LogP contribution in [-0.2, 0) is 10.0 Å². The summed E-state index contributed by atoms with van der Waals surface area (Å²) in [6.45, 7) is 3.98. The third kappa shape index (κ3) is 4.02. The van der Waals surface area contributed by atoms with Gasteiger partial charge in [0.2, 0.25) is 10.0 Å². The number of hydrogen-bond acceptors (Lipinski definition) is 4. The summed E-state index contributed by atoms with van der Waals surface area (Å²) in [5.74, 6) is 0.781. The van der Waals surface area contributed by atoms with Crippen LogP contribution in [0.15, 0.2) is 23.0 Å². The number of nitrogens with zero attached hydrogens (tertiary/aromatic N) is 1. The number of hydrogen-bond donors (Lipinski definition) is 2. The van der Waals surface area contributed by atoms with E-state index < -0.39 is 10.0 Å². The van der Waals surface area contributed by atoms with E-state index in [0.717, 1.165) is 31.6 Å². The second kappa shape index (κ2) is 7.99. The highest BCUT2D eigenvalue weighted by Gasteiger charge is 2.37. The van der Waals surface area contributed by atoms with Crippen molar-refractivity contribution in [2.24, 2.45) is 5.92 Å². The van der Waals surface area contributed by atoms with Crippen LogP contribution in [0.3, 0.4) is 0 Å². The summed E-state index contributed by atoms with van der Waals surface area (Å²) >= 11 is 0. The van der Waals surface area contributed by atoms with Crippen LogP contribution in [0.5, 0.6) is 0 Å². The number of piperidine rings is 1. The van der Waals surface area contributed by atoms with Crippen molar-refractivity contribution in [1.29, 1.82) is 0 Å². The van der Waals surface area contributed by atoms with Crippen molar-refractivity contribution in [2.45, 2.75) is 38.1 Å². The molecule has 136 valence electrons. The van der Waals surface area contributed by atoms with E-state index in [9.17, 15) is 13.2 Å². The number of unbranched alkanes of at least 4 members (excludes halogenated alkanes) is 1. The van der Waals surface area contributed by atoms with Gasteiger partial charge in [-0.15, -0.1) is 12.4 Å². The van der Waals surface area contributed by atoms with Crippen LogP contribution in [0, 0.1) is 5.92 Å². The lowest BCUT2D eigenvalue weighted by atomic mass is 9.79. The molecule has 0 unspecified atom stereocenters. The van der Waals surface area contributed by atoms with Crippen LogP contribution in [0.4, 0.5) is 0 Å². The Bertz CT molecular complexity index is 720. The monoisotopic (exact) mass is 375 g/mol. The molecule has 0 spiro atoms. The van der Waals surface area contributed by atoms with E-state index in [-0.39, 0.29) is 35.7 Å².